The number of nitrogens with zero attached hydrogens (tertiary/aromatic N) is 4. The average molecular weight is 358 g/mol. The molecular formula is C18H13F3N4O. The lowest BCUT2D eigenvalue weighted by molar-refractivity contribution is -0.141. The molecule has 0 N–H and O–H groups in total. The normalized spacial score (nSPS) is 11.0. The van der Waals surface area contributed by atoms with E-state index in [-0.39, 0.29) is 17.6 Å². The van der Waals surface area contributed by atoms with Crippen LogP contribution in [0.4, 0.5) is 13.2 Å². The Morgan fingerprint density at radius 3 is 2.42 bits per heavy atom. The highest BCUT2D eigenvalue weighted by molar-refractivity contribution is 5.39. The van der Waals surface area contributed by atoms with Gasteiger partial charge in [0.15, 0.2) is 5.69 Å². The lowest BCUT2D eigenvalue weighted by atomic mass is 10.2. The van der Waals surface area contributed by atoms with Gasteiger partial charge in [0.2, 0.25) is 17.6 Å². The summed E-state index contributed by atoms with van der Waals surface area (Å²) >= 11 is 0. The molecule has 3 rings (SSSR count). The summed E-state index contributed by atoms with van der Waals surface area (Å²) < 4.78 is 44.6. The van der Waals surface area contributed by atoms with Gasteiger partial charge in [-0.2, -0.15) is 23.3 Å². The highest BCUT2D eigenvalue weighted by Gasteiger charge is 2.35. The van der Waals surface area contributed by atoms with E-state index in [1.54, 1.807) is 6.92 Å². The standard InChI is InChI=1S/C18H13F3N4O/c1-12-10-16(26-17-11-14(18(19,20)21)24-25(17)2)23-15(22-12)9-8-13-6-4-3-5-7-13/h3-7,10-11H,1-2H3. The third-order valence-corrected chi connectivity index (χ3v) is 3.26. The molecule has 1 aromatic carbocycles. The average Bonchev–Trinajstić information content (AvgIpc) is 2.95. The molecule has 0 radical (unpaired) electrons. The Hall–Kier alpha value is -3.34. The van der Waals surface area contributed by atoms with Crippen LogP contribution in [0.1, 0.15) is 22.8 Å². The van der Waals surface area contributed by atoms with Crippen LogP contribution in [-0.4, -0.2) is 19.7 Å². The van der Waals surface area contributed by atoms with Gasteiger partial charge in [-0.15, -0.1) is 0 Å². The van der Waals surface area contributed by atoms with Gasteiger partial charge in [-0.25, -0.2) is 9.67 Å². The Morgan fingerprint density at radius 1 is 1.04 bits per heavy atom. The number of aryl methyl sites for hydroxylation is 2. The maximum atomic E-state index is 12.7. The van der Waals surface area contributed by atoms with Gasteiger partial charge in [0.25, 0.3) is 0 Å². The fourth-order valence-electron chi connectivity index (χ4n) is 2.09. The van der Waals surface area contributed by atoms with Crippen LogP contribution in [0.15, 0.2) is 42.5 Å². The minimum Gasteiger partial charge on any atom is -0.421 e. The summed E-state index contributed by atoms with van der Waals surface area (Å²) in [7, 11) is 1.36. The first-order valence-corrected chi connectivity index (χ1v) is 7.53. The van der Waals surface area contributed by atoms with Gasteiger partial charge >= 0.3 is 6.18 Å². The predicted octanol–water partition coefficient (Wildman–Crippen LogP) is 3.73. The zero-order valence-electron chi connectivity index (χ0n) is 13.9. The van der Waals surface area contributed by atoms with Crippen molar-refractivity contribution in [2.24, 2.45) is 7.05 Å². The molecular weight excluding hydrogens is 345 g/mol. The minimum absolute atomic E-state index is 0.0857. The van der Waals surface area contributed by atoms with Gasteiger partial charge in [-0.1, -0.05) is 24.1 Å². The molecule has 3 aromatic rings. The van der Waals surface area contributed by atoms with Gasteiger partial charge in [0, 0.05) is 30.4 Å². The van der Waals surface area contributed by atoms with E-state index in [4.69, 9.17) is 4.74 Å². The Morgan fingerprint density at radius 2 is 1.77 bits per heavy atom. The number of benzene rings is 1. The van der Waals surface area contributed by atoms with Crippen molar-refractivity contribution in [2.75, 3.05) is 0 Å². The molecule has 0 saturated heterocycles. The van der Waals surface area contributed by atoms with Crippen molar-refractivity contribution in [2.45, 2.75) is 13.1 Å². The second-order valence-electron chi connectivity index (χ2n) is 5.38. The molecule has 26 heavy (non-hydrogen) atoms. The summed E-state index contributed by atoms with van der Waals surface area (Å²) in [6.07, 6.45) is -4.55. The summed E-state index contributed by atoms with van der Waals surface area (Å²) in [5.74, 6) is 5.95. The summed E-state index contributed by atoms with van der Waals surface area (Å²) in [5, 5.41) is 3.39. The Balaban J connectivity index is 1.87. The van der Waals surface area contributed by atoms with E-state index in [2.05, 4.69) is 26.9 Å². The topological polar surface area (TPSA) is 52.8 Å². The maximum Gasteiger partial charge on any atom is 0.435 e. The Kier molecular flexibility index (Phi) is 4.63. The van der Waals surface area contributed by atoms with E-state index in [0.29, 0.717) is 5.69 Å². The van der Waals surface area contributed by atoms with Gasteiger partial charge in [0.05, 0.1) is 0 Å². The molecule has 0 atom stereocenters. The first-order chi connectivity index (χ1) is 12.3. The SMILES string of the molecule is Cc1cc(Oc2cc(C(F)(F)F)nn2C)nc(C#Cc2ccccc2)n1. The monoisotopic (exact) mass is 358 g/mol. The molecule has 0 aliphatic heterocycles. The molecule has 0 unspecified atom stereocenters. The van der Waals surface area contributed by atoms with Crippen molar-refractivity contribution >= 4 is 0 Å². The molecule has 0 amide bonds. The number of rotatable bonds is 2. The number of halogens is 3. The van der Waals surface area contributed by atoms with Gasteiger partial charge in [-0.3, -0.25) is 0 Å². The fraction of sp³-hybridized carbons (Fsp3) is 0.167. The molecule has 8 heteroatoms. The van der Waals surface area contributed by atoms with Crippen LogP contribution < -0.4 is 4.74 Å². The van der Waals surface area contributed by atoms with Crippen molar-refractivity contribution in [1.82, 2.24) is 19.7 Å². The van der Waals surface area contributed by atoms with Crippen molar-refractivity contribution in [3.8, 4) is 23.6 Å². The smallest absolute Gasteiger partial charge is 0.421 e. The van der Waals surface area contributed by atoms with E-state index in [1.807, 2.05) is 30.3 Å². The highest BCUT2D eigenvalue weighted by atomic mass is 19.4. The van der Waals surface area contributed by atoms with Crippen molar-refractivity contribution < 1.29 is 17.9 Å². The fourth-order valence-corrected chi connectivity index (χ4v) is 2.09. The molecule has 2 aromatic heterocycles. The summed E-state index contributed by atoms with van der Waals surface area (Å²) in [4.78, 5) is 8.32. The third-order valence-electron chi connectivity index (χ3n) is 3.26. The van der Waals surface area contributed by atoms with E-state index in [1.165, 1.54) is 13.1 Å². The van der Waals surface area contributed by atoms with Crippen LogP contribution in [0.2, 0.25) is 0 Å². The molecule has 0 aliphatic rings. The molecule has 0 bridgehead atoms. The zero-order valence-corrected chi connectivity index (χ0v) is 13.9. The van der Waals surface area contributed by atoms with Crippen LogP contribution in [-0.2, 0) is 13.2 Å². The second-order valence-corrected chi connectivity index (χ2v) is 5.38. The second kappa shape index (κ2) is 6.88. The van der Waals surface area contributed by atoms with E-state index >= 15 is 0 Å². The molecule has 0 aliphatic carbocycles. The molecule has 0 spiro atoms. The quantitative estimate of drug-likeness (QED) is 0.655. The predicted molar refractivity (Wildman–Crippen MR) is 87.5 cm³/mol. The highest BCUT2D eigenvalue weighted by Crippen LogP contribution is 2.31. The molecule has 132 valence electrons. The maximum absolute atomic E-state index is 12.7. The molecule has 0 fully saturated rings. The number of hydrogen-bond donors (Lipinski definition) is 0. The lowest BCUT2D eigenvalue weighted by Crippen LogP contribution is -2.06. The largest absolute Gasteiger partial charge is 0.435 e. The first-order valence-electron chi connectivity index (χ1n) is 7.53. The number of aromatic nitrogens is 4. The number of hydrogen-bond acceptors (Lipinski definition) is 4. The molecule has 2 heterocycles. The van der Waals surface area contributed by atoms with E-state index in [0.717, 1.165) is 16.3 Å². The van der Waals surface area contributed by atoms with Crippen LogP contribution in [0.3, 0.4) is 0 Å². The third kappa shape index (κ3) is 4.19. The van der Waals surface area contributed by atoms with Gasteiger partial charge < -0.3 is 4.74 Å². The van der Waals surface area contributed by atoms with Crippen LogP contribution in [0.5, 0.6) is 11.8 Å². The summed E-state index contributed by atoms with van der Waals surface area (Å²) in [6.45, 7) is 1.71. The Labute approximate surface area is 147 Å². The lowest BCUT2D eigenvalue weighted by Gasteiger charge is -2.05. The number of ether oxygens (including phenoxy) is 1. The first kappa shape index (κ1) is 17.5. The van der Waals surface area contributed by atoms with Gasteiger partial charge in [0.1, 0.15) is 0 Å². The minimum atomic E-state index is -4.55. The van der Waals surface area contributed by atoms with Gasteiger partial charge in [-0.05, 0) is 25.0 Å². The summed E-state index contributed by atoms with van der Waals surface area (Å²) in [6, 6.07) is 11.6. The summed E-state index contributed by atoms with van der Waals surface area (Å²) in [5.41, 5.74) is 0.331. The van der Waals surface area contributed by atoms with Crippen LogP contribution >= 0.6 is 0 Å². The van der Waals surface area contributed by atoms with E-state index < -0.39 is 11.9 Å². The zero-order chi connectivity index (χ0) is 18.7. The van der Waals surface area contributed by atoms with Crippen molar-refractivity contribution in [1.29, 1.82) is 0 Å². The number of alkyl halides is 3. The van der Waals surface area contributed by atoms with Crippen molar-refractivity contribution in [3.63, 3.8) is 0 Å². The van der Waals surface area contributed by atoms with Crippen LogP contribution in [0, 0.1) is 18.8 Å². The molecule has 5 nitrogen and oxygen atoms in total. The van der Waals surface area contributed by atoms with E-state index in [9.17, 15) is 13.2 Å². The molecule has 0 saturated carbocycles. The Bertz CT molecular complexity index is 985. The van der Waals surface area contributed by atoms with Crippen LogP contribution in [0.25, 0.3) is 0 Å². The van der Waals surface area contributed by atoms with Crippen molar-refractivity contribution in [3.05, 3.63) is 65.2 Å².